The molecule has 27 heavy (non-hydrogen) atoms. The van der Waals surface area contributed by atoms with Gasteiger partial charge in [-0.1, -0.05) is 0 Å². The Morgan fingerprint density at radius 1 is 0.963 bits per heavy atom. The van der Waals surface area contributed by atoms with Gasteiger partial charge in [-0.25, -0.2) is 9.80 Å². The number of fused-ring (bicyclic) bond motifs is 1. The molecule has 0 aromatic heterocycles. The smallest absolute Gasteiger partial charge is 0.343 e. The molecule has 1 aromatic carbocycles. The van der Waals surface area contributed by atoms with Crippen molar-refractivity contribution in [2.24, 2.45) is 5.92 Å². The number of anilines is 1. The number of benzene rings is 1. The minimum Gasteiger partial charge on any atom is -0.371 e. The van der Waals surface area contributed by atoms with Crippen LogP contribution in [0.5, 0.6) is 0 Å². The maximum Gasteiger partial charge on any atom is 0.343 e. The minimum absolute atomic E-state index is 0.0239. The van der Waals surface area contributed by atoms with E-state index in [1.807, 2.05) is 0 Å². The highest BCUT2D eigenvalue weighted by atomic mass is 16.2. The molecule has 0 bridgehead atoms. The zero-order chi connectivity index (χ0) is 19.1. The second-order valence-electron chi connectivity index (χ2n) is 6.84. The lowest BCUT2D eigenvalue weighted by atomic mass is 9.97. The van der Waals surface area contributed by atoms with Gasteiger partial charge in [0.1, 0.15) is 6.29 Å². The molecule has 0 spiro atoms. The van der Waals surface area contributed by atoms with Crippen LogP contribution in [0, 0.1) is 5.92 Å². The Hall–Kier alpha value is -3.23. The van der Waals surface area contributed by atoms with Crippen molar-refractivity contribution < 1.29 is 24.0 Å². The number of rotatable bonds is 3. The van der Waals surface area contributed by atoms with Crippen LogP contribution in [0.4, 0.5) is 10.5 Å². The largest absolute Gasteiger partial charge is 0.371 e. The molecule has 1 N–H and O–H groups in total. The molecule has 0 atom stereocenters. The van der Waals surface area contributed by atoms with Gasteiger partial charge in [-0.05, 0) is 31.0 Å². The molecule has 2 saturated heterocycles. The third-order valence-electron chi connectivity index (χ3n) is 5.22. The SMILES string of the molecule is O=CC1CCN(c2ccc3c(c2)C(=O)N(N2CCC(=O)NC2=O)C3=O)CC1. The first-order valence-corrected chi connectivity index (χ1v) is 8.84. The standard InChI is InChI=1S/C18H18N4O5/c23-10-11-3-6-20(7-4-11)12-1-2-13-14(9-12)17(26)22(16(13)25)21-8-5-15(24)19-18(21)27/h1-2,9-11H,3-8H2,(H,19,24,27). The van der Waals surface area contributed by atoms with Crippen LogP contribution in [0.15, 0.2) is 18.2 Å². The van der Waals surface area contributed by atoms with Crippen LogP contribution in [-0.2, 0) is 9.59 Å². The number of nitrogens with zero attached hydrogens (tertiary/aromatic N) is 3. The van der Waals surface area contributed by atoms with Gasteiger partial charge in [0, 0.05) is 31.1 Å². The van der Waals surface area contributed by atoms with Gasteiger partial charge in [-0.2, -0.15) is 5.01 Å². The van der Waals surface area contributed by atoms with E-state index in [0.29, 0.717) is 13.1 Å². The number of piperidine rings is 1. The van der Waals surface area contributed by atoms with Crippen LogP contribution in [0.3, 0.4) is 0 Å². The van der Waals surface area contributed by atoms with E-state index >= 15 is 0 Å². The lowest BCUT2D eigenvalue weighted by Crippen LogP contribution is -2.58. The number of aldehydes is 1. The summed E-state index contributed by atoms with van der Waals surface area (Å²) in [5, 5.41) is 3.89. The van der Waals surface area contributed by atoms with Crippen molar-refractivity contribution in [3.8, 4) is 0 Å². The lowest BCUT2D eigenvalue weighted by Gasteiger charge is -2.32. The molecule has 3 heterocycles. The normalized spacial score (nSPS) is 20.8. The van der Waals surface area contributed by atoms with E-state index in [4.69, 9.17) is 0 Å². The molecule has 3 aliphatic heterocycles. The molecule has 9 nitrogen and oxygen atoms in total. The molecule has 1 aromatic rings. The number of hydrogen-bond donors (Lipinski definition) is 1. The molecule has 3 aliphatic rings. The molecule has 140 valence electrons. The lowest BCUT2D eigenvalue weighted by molar-refractivity contribution is -0.122. The minimum atomic E-state index is -0.781. The molecular weight excluding hydrogens is 352 g/mol. The first-order chi connectivity index (χ1) is 13.0. The quantitative estimate of drug-likeness (QED) is 0.615. The van der Waals surface area contributed by atoms with Gasteiger partial charge in [0.15, 0.2) is 0 Å². The number of urea groups is 1. The van der Waals surface area contributed by atoms with Gasteiger partial charge in [-0.3, -0.25) is 19.7 Å². The van der Waals surface area contributed by atoms with Crippen molar-refractivity contribution in [2.75, 3.05) is 24.5 Å². The summed E-state index contributed by atoms with van der Waals surface area (Å²) in [4.78, 5) is 61.8. The Bertz CT molecular complexity index is 859. The third-order valence-corrected chi connectivity index (χ3v) is 5.22. The summed E-state index contributed by atoms with van der Waals surface area (Å²) in [6, 6.07) is 4.24. The van der Waals surface area contributed by atoms with E-state index in [-0.39, 0.29) is 30.0 Å². The Kier molecular flexibility index (Phi) is 4.14. The van der Waals surface area contributed by atoms with Crippen LogP contribution in [0.1, 0.15) is 40.0 Å². The molecule has 5 amide bonds. The molecule has 0 aliphatic carbocycles. The van der Waals surface area contributed by atoms with E-state index in [9.17, 15) is 24.0 Å². The number of amides is 5. The Morgan fingerprint density at radius 2 is 1.67 bits per heavy atom. The zero-order valence-corrected chi connectivity index (χ0v) is 14.5. The van der Waals surface area contributed by atoms with Gasteiger partial charge >= 0.3 is 6.03 Å². The highest BCUT2D eigenvalue weighted by molar-refractivity contribution is 6.22. The molecule has 4 rings (SSSR count). The fourth-order valence-electron chi connectivity index (χ4n) is 3.67. The highest BCUT2D eigenvalue weighted by Crippen LogP contribution is 2.30. The molecule has 2 fully saturated rings. The third kappa shape index (κ3) is 2.84. The summed E-state index contributed by atoms with van der Waals surface area (Å²) in [6.45, 7) is 1.37. The molecule has 0 saturated carbocycles. The first kappa shape index (κ1) is 17.2. The van der Waals surface area contributed by atoms with Gasteiger partial charge in [0.05, 0.1) is 17.7 Å². The maximum atomic E-state index is 12.8. The summed E-state index contributed by atoms with van der Waals surface area (Å²) < 4.78 is 0. The average Bonchev–Trinajstić information content (AvgIpc) is 2.92. The number of carbonyl (C=O) groups excluding carboxylic acids is 5. The van der Waals surface area contributed by atoms with Crippen LogP contribution in [0.2, 0.25) is 0 Å². The van der Waals surface area contributed by atoms with Crippen molar-refractivity contribution in [1.29, 1.82) is 0 Å². The van der Waals surface area contributed by atoms with Crippen LogP contribution in [0.25, 0.3) is 0 Å². The summed E-state index contributed by atoms with van der Waals surface area (Å²) in [7, 11) is 0. The van der Waals surface area contributed by atoms with Gasteiger partial charge in [0.2, 0.25) is 5.91 Å². The predicted molar refractivity (Wildman–Crippen MR) is 92.8 cm³/mol. The van der Waals surface area contributed by atoms with Gasteiger partial charge in [-0.15, -0.1) is 0 Å². The summed E-state index contributed by atoms with van der Waals surface area (Å²) in [5.41, 5.74) is 1.27. The second-order valence-corrected chi connectivity index (χ2v) is 6.84. The number of carbonyl (C=O) groups is 5. The topological polar surface area (TPSA) is 107 Å². The number of nitrogens with one attached hydrogen (secondary N) is 1. The second kappa shape index (κ2) is 6.49. The monoisotopic (exact) mass is 370 g/mol. The van der Waals surface area contributed by atoms with Crippen molar-refractivity contribution in [1.82, 2.24) is 15.3 Å². The Morgan fingerprint density at radius 3 is 2.33 bits per heavy atom. The van der Waals surface area contributed by atoms with Crippen molar-refractivity contribution in [2.45, 2.75) is 19.3 Å². The first-order valence-electron chi connectivity index (χ1n) is 8.84. The van der Waals surface area contributed by atoms with Crippen LogP contribution < -0.4 is 10.2 Å². The van der Waals surface area contributed by atoms with Crippen LogP contribution >= 0.6 is 0 Å². The summed E-state index contributed by atoms with van der Waals surface area (Å²) >= 11 is 0. The van der Waals surface area contributed by atoms with Crippen LogP contribution in [-0.4, -0.2) is 59.7 Å². The molecule has 0 radical (unpaired) electrons. The predicted octanol–water partition coefficient (Wildman–Crippen LogP) is 0.555. The van der Waals surface area contributed by atoms with E-state index in [1.165, 1.54) is 0 Å². The molecule has 0 unspecified atom stereocenters. The van der Waals surface area contributed by atoms with E-state index < -0.39 is 23.8 Å². The Balaban J connectivity index is 1.58. The maximum absolute atomic E-state index is 12.8. The highest BCUT2D eigenvalue weighted by Gasteiger charge is 2.43. The summed E-state index contributed by atoms with van der Waals surface area (Å²) in [5.74, 6) is -1.53. The fourth-order valence-corrected chi connectivity index (χ4v) is 3.67. The van der Waals surface area contributed by atoms with E-state index in [2.05, 4.69) is 10.2 Å². The zero-order valence-electron chi connectivity index (χ0n) is 14.5. The van der Waals surface area contributed by atoms with Crippen molar-refractivity contribution in [3.05, 3.63) is 29.3 Å². The number of imide groups is 2. The Labute approximate surface area is 154 Å². The number of hydrazine groups is 1. The number of hydrogen-bond acceptors (Lipinski definition) is 6. The van der Waals surface area contributed by atoms with Crippen molar-refractivity contribution >= 4 is 35.7 Å². The van der Waals surface area contributed by atoms with Gasteiger partial charge in [0.25, 0.3) is 11.8 Å². The molecular formula is C18H18N4O5. The molecule has 9 heteroatoms. The average molecular weight is 370 g/mol. The van der Waals surface area contributed by atoms with Crippen molar-refractivity contribution in [3.63, 3.8) is 0 Å². The van der Waals surface area contributed by atoms with E-state index in [1.54, 1.807) is 18.2 Å². The van der Waals surface area contributed by atoms with Gasteiger partial charge < -0.3 is 9.69 Å². The fraction of sp³-hybridized carbons (Fsp3) is 0.389. The van der Waals surface area contributed by atoms with E-state index in [0.717, 1.165) is 34.8 Å². The summed E-state index contributed by atoms with van der Waals surface area (Å²) in [6.07, 6.45) is 2.51.